The molecule has 0 aliphatic carbocycles. The second-order valence-electron chi connectivity index (χ2n) is 1.02. The first kappa shape index (κ1) is 15.7. The molecule has 0 bridgehead atoms. The van der Waals surface area contributed by atoms with Crippen molar-refractivity contribution >= 4 is 5.97 Å². The van der Waals surface area contributed by atoms with E-state index in [2.05, 4.69) is 6.92 Å². The van der Waals surface area contributed by atoms with E-state index in [-0.39, 0.29) is 17.1 Å². The largest absolute Gasteiger partial charge is 1.00 e. The maximum Gasteiger partial charge on any atom is 1.00 e. The molecule has 0 heterocycles. The van der Waals surface area contributed by atoms with E-state index in [0.29, 0.717) is 0 Å². The minimum atomic E-state index is -0.833. The molecule has 0 saturated heterocycles. The SMILES string of the molecule is CC(=O)O.[CH2-]CC.[Cu+]. The Morgan fingerprint density at radius 1 is 1.75 bits per heavy atom. The number of carboxylic acid groups (broad SMARTS) is 1. The van der Waals surface area contributed by atoms with Gasteiger partial charge in [0.25, 0.3) is 5.97 Å². The van der Waals surface area contributed by atoms with Gasteiger partial charge in [-0.25, -0.2) is 0 Å². The third kappa shape index (κ3) is 1350000. The summed E-state index contributed by atoms with van der Waals surface area (Å²) >= 11 is 0. The Balaban J connectivity index is -0.0000000575. The Bertz CT molecular complexity index is 41.7. The smallest absolute Gasteiger partial charge is 0.481 e. The monoisotopic (exact) mass is 166 g/mol. The number of carbonyl (C=O) groups is 1. The summed E-state index contributed by atoms with van der Waals surface area (Å²) in [5.41, 5.74) is 0. The van der Waals surface area contributed by atoms with Gasteiger partial charge < -0.3 is 12.0 Å². The van der Waals surface area contributed by atoms with Gasteiger partial charge in [0.15, 0.2) is 0 Å². The predicted molar refractivity (Wildman–Crippen MR) is 29.0 cm³/mol. The molecule has 0 amide bonds. The topological polar surface area (TPSA) is 37.3 Å². The number of aliphatic carboxylic acids is 1. The molecule has 54 valence electrons. The van der Waals surface area contributed by atoms with Crippen LogP contribution in [0.15, 0.2) is 0 Å². The molecule has 0 atom stereocenters. The van der Waals surface area contributed by atoms with Crippen molar-refractivity contribution in [3.63, 3.8) is 0 Å². The van der Waals surface area contributed by atoms with Crippen molar-refractivity contribution in [3.05, 3.63) is 6.92 Å². The quantitative estimate of drug-likeness (QED) is 0.436. The van der Waals surface area contributed by atoms with Gasteiger partial charge in [0, 0.05) is 6.92 Å². The summed E-state index contributed by atoms with van der Waals surface area (Å²) in [6, 6.07) is 0. The Hall–Kier alpha value is -0.0105. The van der Waals surface area contributed by atoms with Gasteiger partial charge in [-0.15, -0.1) is 0 Å². The van der Waals surface area contributed by atoms with Crippen LogP contribution in [0.25, 0.3) is 0 Å². The molecular weight excluding hydrogens is 156 g/mol. The van der Waals surface area contributed by atoms with Crippen molar-refractivity contribution in [1.82, 2.24) is 0 Å². The normalized spacial score (nSPS) is 5.38. The summed E-state index contributed by atoms with van der Waals surface area (Å²) in [7, 11) is 0. The standard InChI is InChI=1S/C3H7.C2H4O2.Cu/c1-3-2;1-2(3)4;/h1,3H2,2H3;1H3,(H,3,4);/q-1;;+1. The molecule has 0 aromatic heterocycles. The third-order valence-corrected chi connectivity index (χ3v) is 0. The fraction of sp³-hybridized carbons (Fsp3) is 0.600. The molecule has 2 nitrogen and oxygen atoms in total. The zero-order valence-corrected chi connectivity index (χ0v) is 6.01. The first-order valence-electron chi connectivity index (χ1n) is 2.13. The van der Waals surface area contributed by atoms with Crippen molar-refractivity contribution in [2.75, 3.05) is 0 Å². The molecule has 0 aromatic rings. The zero-order chi connectivity index (χ0) is 6.28. The van der Waals surface area contributed by atoms with Crippen LogP contribution in [0.1, 0.15) is 20.3 Å². The van der Waals surface area contributed by atoms with Gasteiger partial charge in [0.2, 0.25) is 0 Å². The molecule has 0 radical (unpaired) electrons. The summed E-state index contributed by atoms with van der Waals surface area (Å²) in [5, 5.41) is 7.42. The number of carboxylic acids is 1. The molecule has 0 unspecified atom stereocenters. The molecule has 0 aromatic carbocycles. The van der Waals surface area contributed by atoms with Crippen LogP contribution in [0, 0.1) is 6.92 Å². The predicted octanol–water partition coefficient (Wildman–Crippen LogP) is 1.32. The van der Waals surface area contributed by atoms with Crippen LogP contribution in [0.2, 0.25) is 0 Å². The molecule has 1 N–H and O–H groups in total. The Kier molecular flexibility index (Phi) is 30.9. The molecule has 0 aliphatic rings. The summed E-state index contributed by atoms with van der Waals surface area (Å²) < 4.78 is 0. The molecular formula is C5H11CuO2. The van der Waals surface area contributed by atoms with Crippen molar-refractivity contribution in [2.45, 2.75) is 20.3 Å². The molecule has 0 spiro atoms. The van der Waals surface area contributed by atoms with E-state index in [0.717, 1.165) is 13.3 Å². The van der Waals surface area contributed by atoms with Gasteiger partial charge in [-0.05, 0) is 0 Å². The Morgan fingerprint density at radius 3 is 1.75 bits per heavy atom. The van der Waals surface area contributed by atoms with Crippen LogP contribution < -0.4 is 0 Å². The minimum Gasteiger partial charge on any atom is -0.481 e. The van der Waals surface area contributed by atoms with Gasteiger partial charge in [0.05, 0.1) is 0 Å². The van der Waals surface area contributed by atoms with E-state index in [1.807, 2.05) is 6.92 Å². The summed E-state index contributed by atoms with van der Waals surface area (Å²) in [5.74, 6) is -0.833. The van der Waals surface area contributed by atoms with Crippen LogP contribution in [-0.4, -0.2) is 11.1 Å². The van der Waals surface area contributed by atoms with Gasteiger partial charge >= 0.3 is 17.1 Å². The second-order valence-corrected chi connectivity index (χ2v) is 1.02. The minimum absolute atomic E-state index is 0. The van der Waals surface area contributed by atoms with Gasteiger partial charge in [-0.1, -0.05) is 6.92 Å². The van der Waals surface area contributed by atoms with E-state index in [4.69, 9.17) is 9.90 Å². The average molecular weight is 167 g/mol. The fourth-order valence-corrected chi connectivity index (χ4v) is 0. The average Bonchev–Trinajstić information content (AvgIpc) is 1.33. The van der Waals surface area contributed by atoms with E-state index >= 15 is 0 Å². The van der Waals surface area contributed by atoms with Crippen LogP contribution >= 0.6 is 0 Å². The maximum atomic E-state index is 9.00. The van der Waals surface area contributed by atoms with E-state index in [1.165, 1.54) is 0 Å². The van der Waals surface area contributed by atoms with Gasteiger partial charge in [-0.3, -0.25) is 4.79 Å². The summed E-state index contributed by atoms with van der Waals surface area (Å²) in [6.07, 6.45) is 1.00. The molecule has 0 fully saturated rings. The van der Waals surface area contributed by atoms with Crippen molar-refractivity contribution in [3.8, 4) is 0 Å². The van der Waals surface area contributed by atoms with Crippen molar-refractivity contribution < 1.29 is 27.0 Å². The molecule has 8 heavy (non-hydrogen) atoms. The number of hydrogen-bond acceptors (Lipinski definition) is 1. The van der Waals surface area contributed by atoms with Crippen molar-refractivity contribution in [2.24, 2.45) is 0 Å². The maximum absolute atomic E-state index is 9.00. The summed E-state index contributed by atoms with van der Waals surface area (Å²) in [6.45, 7) is 6.58. The third-order valence-electron chi connectivity index (χ3n) is 0. The van der Waals surface area contributed by atoms with E-state index < -0.39 is 5.97 Å². The number of hydrogen-bond donors (Lipinski definition) is 1. The molecule has 0 aliphatic heterocycles. The van der Waals surface area contributed by atoms with E-state index in [9.17, 15) is 0 Å². The first-order valence-corrected chi connectivity index (χ1v) is 2.13. The van der Waals surface area contributed by atoms with Crippen LogP contribution in [0.5, 0.6) is 0 Å². The molecule has 3 heteroatoms. The fourth-order valence-electron chi connectivity index (χ4n) is 0. The van der Waals surface area contributed by atoms with E-state index in [1.54, 1.807) is 0 Å². The van der Waals surface area contributed by atoms with Crippen LogP contribution in [0.3, 0.4) is 0 Å². The first-order chi connectivity index (χ1) is 3.15. The van der Waals surface area contributed by atoms with Gasteiger partial charge in [0.1, 0.15) is 0 Å². The molecule has 0 saturated carbocycles. The van der Waals surface area contributed by atoms with Crippen LogP contribution in [0.4, 0.5) is 0 Å². The molecule has 0 rings (SSSR count). The van der Waals surface area contributed by atoms with Crippen molar-refractivity contribution in [1.29, 1.82) is 0 Å². The Labute approximate surface area is 60.8 Å². The number of rotatable bonds is 0. The summed E-state index contributed by atoms with van der Waals surface area (Å²) in [4.78, 5) is 9.00. The van der Waals surface area contributed by atoms with Gasteiger partial charge in [-0.2, -0.15) is 6.42 Å². The van der Waals surface area contributed by atoms with Crippen LogP contribution in [-0.2, 0) is 21.9 Å². The zero-order valence-electron chi connectivity index (χ0n) is 5.07. The second kappa shape index (κ2) is 15.8. The Morgan fingerprint density at radius 2 is 1.75 bits per heavy atom.